The zero-order valence-corrected chi connectivity index (χ0v) is 19.3. The second kappa shape index (κ2) is 6.93. The van der Waals surface area contributed by atoms with E-state index in [0.717, 1.165) is 3.97 Å². The van der Waals surface area contributed by atoms with Crippen molar-refractivity contribution >= 4 is 58.5 Å². The van der Waals surface area contributed by atoms with Gasteiger partial charge in [0.25, 0.3) is 5.91 Å². The Kier molecular flexibility index (Phi) is 4.59. The number of nitrogens with one attached hydrogen (secondary N) is 1. The predicted molar refractivity (Wildman–Crippen MR) is 118 cm³/mol. The standard InChI is InChI=1S/C19H15BrFN3O6S2/c20-16-13-4-1-10(11-5-6-23(8-11)31(27,28)12-2-3-12)7-14(13)17(21)18(19(16)26)24-9-15(25)22-32(24,29)30/h1,4-8,12,26H,2-3,9H2,(H,22,25). The van der Waals surface area contributed by atoms with Gasteiger partial charge < -0.3 is 5.11 Å². The van der Waals surface area contributed by atoms with Crippen molar-refractivity contribution in [2.45, 2.75) is 18.1 Å². The van der Waals surface area contributed by atoms with Crippen molar-refractivity contribution in [1.29, 1.82) is 0 Å². The highest BCUT2D eigenvalue weighted by Gasteiger charge is 2.39. The van der Waals surface area contributed by atoms with Gasteiger partial charge in [0, 0.05) is 28.7 Å². The number of phenolic OH excluding ortho intramolecular Hbond substituents is 1. The van der Waals surface area contributed by atoms with Crippen LogP contribution in [0, 0.1) is 5.82 Å². The van der Waals surface area contributed by atoms with Gasteiger partial charge in [0.1, 0.15) is 12.2 Å². The second-order valence-corrected chi connectivity index (χ2v) is 12.1. The van der Waals surface area contributed by atoms with Gasteiger partial charge in [-0.15, -0.1) is 0 Å². The van der Waals surface area contributed by atoms with E-state index in [9.17, 15) is 26.7 Å². The summed E-state index contributed by atoms with van der Waals surface area (Å²) in [5.41, 5.74) is 0.351. The lowest BCUT2D eigenvalue weighted by Crippen LogP contribution is -2.30. The zero-order chi connectivity index (χ0) is 23.0. The monoisotopic (exact) mass is 543 g/mol. The first-order valence-electron chi connectivity index (χ1n) is 9.40. The van der Waals surface area contributed by atoms with Crippen LogP contribution in [0.1, 0.15) is 12.8 Å². The number of benzene rings is 2. The van der Waals surface area contributed by atoms with Gasteiger partial charge in [-0.05, 0) is 46.5 Å². The Morgan fingerprint density at radius 1 is 1.16 bits per heavy atom. The number of aromatic nitrogens is 1. The molecule has 1 saturated carbocycles. The maximum atomic E-state index is 15.5. The zero-order valence-electron chi connectivity index (χ0n) is 16.1. The molecule has 0 bridgehead atoms. The van der Waals surface area contributed by atoms with Gasteiger partial charge in [-0.3, -0.25) is 8.77 Å². The van der Waals surface area contributed by atoms with Crippen molar-refractivity contribution in [2.24, 2.45) is 0 Å². The third kappa shape index (κ3) is 3.18. The minimum atomic E-state index is -4.35. The van der Waals surface area contributed by atoms with Crippen molar-refractivity contribution in [3.05, 3.63) is 46.9 Å². The molecule has 5 rings (SSSR count). The average Bonchev–Trinajstić information content (AvgIpc) is 3.41. The largest absolute Gasteiger partial charge is 0.504 e. The van der Waals surface area contributed by atoms with Crippen molar-refractivity contribution in [2.75, 3.05) is 10.8 Å². The molecule has 1 aliphatic heterocycles. The number of anilines is 1. The number of amides is 1. The number of halogens is 2. The summed E-state index contributed by atoms with van der Waals surface area (Å²) in [5.74, 6) is -2.55. The molecule has 0 unspecified atom stereocenters. The fraction of sp³-hybridized carbons (Fsp3) is 0.211. The molecule has 32 heavy (non-hydrogen) atoms. The van der Waals surface area contributed by atoms with Crippen LogP contribution in [-0.4, -0.2) is 43.6 Å². The van der Waals surface area contributed by atoms with Crippen LogP contribution in [0.3, 0.4) is 0 Å². The highest BCUT2D eigenvalue weighted by atomic mass is 79.9. The van der Waals surface area contributed by atoms with Gasteiger partial charge >= 0.3 is 10.2 Å². The highest BCUT2D eigenvalue weighted by molar-refractivity contribution is 9.10. The lowest BCUT2D eigenvalue weighted by atomic mass is 10.0. The van der Waals surface area contributed by atoms with E-state index in [2.05, 4.69) is 15.9 Å². The average molecular weight is 544 g/mol. The van der Waals surface area contributed by atoms with E-state index >= 15 is 4.39 Å². The Labute approximate surface area is 190 Å². The van der Waals surface area contributed by atoms with Crippen LogP contribution in [0.4, 0.5) is 10.1 Å². The minimum Gasteiger partial charge on any atom is -0.504 e. The molecule has 2 fully saturated rings. The van der Waals surface area contributed by atoms with Crippen LogP contribution in [0.2, 0.25) is 0 Å². The molecule has 0 radical (unpaired) electrons. The van der Waals surface area contributed by atoms with Crippen LogP contribution < -0.4 is 9.03 Å². The summed E-state index contributed by atoms with van der Waals surface area (Å²) >= 11 is 3.17. The first kappa shape index (κ1) is 21.2. The molecule has 1 saturated heterocycles. The van der Waals surface area contributed by atoms with Crippen LogP contribution >= 0.6 is 15.9 Å². The summed E-state index contributed by atoms with van der Waals surface area (Å²) < 4.78 is 68.2. The topological polar surface area (TPSA) is 126 Å². The summed E-state index contributed by atoms with van der Waals surface area (Å²) in [7, 11) is -7.82. The molecule has 2 heterocycles. The SMILES string of the molecule is O=C1CN(c2c(O)c(Br)c3ccc(-c4ccn(S(=O)(=O)C5CC5)c4)cc3c2F)S(=O)(=O)N1. The minimum absolute atomic E-state index is 0.0190. The van der Waals surface area contributed by atoms with E-state index in [-0.39, 0.29) is 15.2 Å². The smallest absolute Gasteiger partial charge is 0.326 e. The molecule has 9 nitrogen and oxygen atoms in total. The fourth-order valence-corrected chi connectivity index (χ4v) is 6.93. The highest BCUT2D eigenvalue weighted by Crippen LogP contribution is 2.45. The van der Waals surface area contributed by atoms with Crippen molar-refractivity contribution in [3.8, 4) is 16.9 Å². The number of carbonyl (C=O) groups excluding carboxylic acids is 1. The first-order valence-corrected chi connectivity index (χ1v) is 13.1. The lowest BCUT2D eigenvalue weighted by Gasteiger charge is -2.19. The Bertz CT molecular complexity index is 1530. The van der Waals surface area contributed by atoms with Crippen LogP contribution in [0.25, 0.3) is 21.9 Å². The Morgan fingerprint density at radius 2 is 1.88 bits per heavy atom. The van der Waals surface area contributed by atoms with Gasteiger partial charge in [-0.2, -0.15) is 8.42 Å². The molecular weight excluding hydrogens is 529 g/mol. The number of nitrogens with zero attached hydrogens (tertiary/aromatic N) is 2. The third-order valence-corrected chi connectivity index (χ3v) is 9.75. The molecule has 1 amide bonds. The molecule has 1 aromatic heterocycles. The number of fused-ring (bicyclic) bond motifs is 1. The normalized spacial score (nSPS) is 18.3. The summed E-state index contributed by atoms with van der Waals surface area (Å²) in [4.78, 5) is 11.6. The molecule has 0 spiro atoms. The molecule has 2 aliphatic rings. The maximum Gasteiger partial charge on any atom is 0.326 e. The number of phenols is 1. The van der Waals surface area contributed by atoms with E-state index in [1.54, 1.807) is 16.9 Å². The molecule has 0 atom stereocenters. The molecule has 168 valence electrons. The quantitative estimate of drug-likeness (QED) is 0.520. The summed E-state index contributed by atoms with van der Waals surface area (Å²) in [6.07, 6.45) is 4.11. The second-order valence-electron chi connectivity index (χ2n) is 7.60. The number of aromatic hydroxyl groups is 1. The maximum absolute atomic E-state index is 15.5. The van der Waals surface area contributed by atoms with E-state index in [1.165, 1.54) is 24.5 Å². The third-order valence-electron chi connectivity index (χ3n) is 5.44. The molecule has 1 aliphatic carbocycles. The van der Waals surface area contributed by atoms with Crippen LogP contribution in [0.5, 0.6) is 5.75 Å². The number of rotatable bonds is 4. The number of carbonyl (C=O) groups is 1. The van der Waals surface area contributed by atoms with E-state index in [4.69, 9.17) is 0 Å². The van der Waals surface area contributed by atoms with Crippen LogP contribution in [-0.2, 0) is 25.0 Å². The van der Waals surface area contributed by atoms with Gasteiger partial charge in [0.2, 0.25) is 10.0 Å². The van der Waals surface area contributed by atoms with E-state index in [0.29, 0.717) is 28.3 Å². The predicted octanol–water partition coefficient (Wildman–Crippen LogP) is 2.44. The van der Waals surface area contributed by atoms with E-state index in [1.807, 2.05) is 0 Å². The fourth-order valence-electron chi connectivity index (χ4n) is 3.68. The number of hydrogen-bond acceptors (Lipinski definition) is 6. The van der Waals surface area contributed by atoms with Gasteiger partial charge in [-0.25, -0.2) is 21.8 Å². The van der Waals surface area contributed by atoms with Gasteiger partial charge in [0.15, 0.2) is 11.6 Å². The van der Waals surface area contributed by atoms with Crippen molar-refractivity contribution in [3.63, 3.8) is 0 Å². The molecular formula is C19H15BrFN3O6S2. The van der Waals surface area contributed by atoms with Gasteiger partial charge in [-0.1, -0.05) is 12.1 Å². The Morgan fingerprint density at radius 3 is 2.50 bits per heavy atom. The molecule has 2 aromatic carbocycles. The number of hydrogen-bond donors (Lipinski definition) is 2. The van der Waals surface area contributed by atoms with Crippen LogP contribution in [0.15, 0.2) is 41.1 Å². The van der Waals surface area contributed by atoms with Crippen molar-refractivity contribution < 1.29 is 31.1 Å². The molecule has 13 heteroatoms. The van der Waals surface area contributed by atoms with E-state index < -0.39 is 55.2 Å². The molecule has 3 aromatic rings. The first-order chi connectivity index (χ1) is 15.0. The summed E-state index contributed by atoms with van der Waals surface area (Å²) in [5, 5.41) is 10.4. The van der Waals surface area contributed by atoms with Gasteiger partial charge in [0.05, 0.1) is 9.72 Å². The van der Waals surface area contributed by atoms with Crippen molar-refractivity contribution in [1.82, 2.24) is 8.69 Å². The Hall–Kier alpha value is -2.64. The Balaban J connectivity index is 1.66. The summed E-state index contributed by atoms with van der Waals surface area (Å²) in [6, 6.07) is 6.17. The molecule has 2 N–H and O–H groups in total. The summed E-state index contributed by atoms with van der Waals surface area (Å²) in [6.45, 7) is -0.674. The lowest BCUT2D eigenvalue weighted by molar-refractivity contribution is -0.117.